The molecule has 2 aromatic carbocycles. The van der Waals surface area contributed by atoms with Gasteiger partial charge in [0.25, 0.3) is 0 Å². The van der Waals surface area contributed by atoms with E-state index in [4.69, 9.17) is 5.73 Å². The highest BCUT2D eigenvalue weighted by Crippen LogP contribution is 2.47. The zero-order valence-electron chi connectivity index (χ0n) is 13.2. The summed E-state index contributed by atoms with van der Waals surface area (Å²) in [6.45, 7) is 0.508. The fourth-order valence-corrected chi connectivity index (χ4v) is 6.05. The van der Waals surface area contributed by atoms with E-state index >= 15 is 0 Å². The average molecular weight is 329 g/mol. The minimum Gasteiger partial charge on any atom is -0.330 e. The van der Waals surface area contributed by atoms with E-state index in [1.165, 1.54) is 0 Å². The molecule has 0 saturated heterocycles. The lowest BCUT2D eigenvalue weighted by molar-refractivity contribution is 0.423. The van der Waals surface area contributed by atoms with Crippen molar-refractivity contribution in [2.75, 3.05) is 6.54 Å². The quantitative estimate of drug-likeness (QED) is 0.914. The summed E-state index contributed by atoms with van der Waals surface area (Å²) in [7, 11) is -3.46. The van der Waals surface area contributed by atoms with Gasteiger partial charge in [-0.25, -0.2) is 8.42 Å². The van der Waals surface area contributed by atoms with Crippen LogP contribution in [-0.2, 0) is 21.0 Å². The van der Waals surface area contributed by atoms with Crippen LogP contribution in [0.1, 0.15) is 36.8 Å². The van der Waals surface area contributed by atoms with E-state index in [-0.39, 0.29) is 0 Å². The number of rotatable bonds is 5. The summed E-state index contributed by atoms with van der Waals surface area (Å²) in [6, 6.07) is 16.8. The maximum atomic E-state index is 13.5. The molecule has 0 saturated carbocycles. The van der Waals surface area contributed by atoms with Gasteiger partial charge in [-0.2, -0.15) is 0 Å². The van der Waals surface area contributed by atoms with Crippen LogP contribution in [0.15, 0.2) is 59.5 Å². The normalized spacial score (nSPS) is 20.9. The molecular formula is C19H23NO2S. The number of aryl methyl sites for hydroxylation is 1. The van der Waals surface area contributed by atoms with E-state index < -0.39 is 14.6 Å². The van der Waals surface area contributed by atoms with E-state index in [0.29, 0.717) is 30.7 Å². The van der Waals surface area contributed by atoms with Crippen LogP contribution in [0.4, 0.5) is 0 Å². The summed E-state index contributed by atoms with van der Waals surface area (Å²) in [5, 5.41) is 0. The van der Waals surface area contributed by atoms with E-state index in [1.54, 1.807) is 24.3 Å². The predicted octanol–water partition coefficient (Wildman–Crippen LogP) is 3.43. The summed E-state index contributed by atoms with van der Waals surface area (Å²) in [5.74, 6) is 0. The second-order valence-corrected chi connectivity index (χ2v) is 8.47. The molecule has 1 atom stereocenters. The largest absolute Gasteiger partial charge is 0.330 e. The van der Waals surface area contributed by atoms with Crippen LogP contribution in [0.3, 0.4) is 0 Å². The number of fused-ring (bicyclic) bond motifs is 1. The molecule has 4 heteroatoms. The Morgan fingerprint density at radius 2 is 1.70 bits per heavy atom. The molecule has 3 rings (SSSR count). The molecule has 122 valence electrons. The Morgan fingerprint density at radius 3 is 2.43 bits per heavy atom. The predicted molar refractivity (Wildman–Crippen MR) is 93.0 cm³/mol. The molecule has 0 radical (unpaired) electrons. The lowest BCUT2D eigenvalue weighted by Crippen LogP contribution is -2.39. The molecule has 0 bridgehead atoms. The second kappa shape index (κ2) is 6.46. The SMILES string of the molecule is NCCCC1(S(=O)(=O)c2ccccc2)CCCc2ccccc21. The van der Waals surface area contributed by atoms with Gasteiger partial charge >= 0.3 is 0 Å². The van der Waals surface area contributed by atoms with Gasteiger partial charge in [0.1, 0.15) is 4.75 Å². The van der Waals surface area contributed by atoms with Crippen LogP contribution >= 0.6 is 0 Å². The van der Waals surface area contributed by atoms with Gasteiger partial charge in [-0.15, -0.1) is 0 Å². The Morgan fingerprint density at radius 1 is 1.00 bits per heavy atom. The van der Waals surface area contributed by atoms with Crippen molar-refractivity contribution in [1.82, 2.24) is 0 Å². The van der Waals surface area contributed by atoms with Crippen LogP contribution in [0.2, 0.25) is 0 Å². The third-order valence-electron chi connectivity index (χ3n) is 4.89. The van der Waals surface area contributed by atoms with Gasteiger partial charge in [-0.05, 0) is 61.9 Å². The Balaban J connectivity index is 2.20. The highest BCUT2D eigenvalue weighted by atomic mass is 32.2. The van der Waals surface area contributed by atoms with Gasteiger partial charge in [0.05, 0.1) is 4.90 Å². The zero-order chi connectivity index (χ0) is 16.3. The molecule has 3 nitrogen and oxygen atoms in total. The smallest absolute Gasteiger partial charge is 0.188 e. The van der Waals surface area contributed by atoms with E-state index in [2.05, 4.69) is 6.07 Å². The molecule has 1 aliphatic carbocycles. The molecule has 0 aliphatic heterocycles. The molecule has 0 spiro atoms. The molecule has 0 amide bonds. The van der Waals surface area contributed by atoms with Gasteiger partial charge in [-0.3, -0.25) is 0 Å². The first kappa shape index (κ1) is 16.2. The Labute approximate surface area is 138 Å². The summed E-state index contributed by atoms with van der Waals surface area (Å²) in [5.41, 5.74) is 7.85. The zero-order valence-corrected chi connectivity index (χ0v) is 14.1. The van der Waals surface area contributed by atoms with Crippen LogP contribution in [-0.4, -0.2) is 15.0 Å². The van der Waals surface area contributed by atoms with E-state index in [9.17, 15) is 8.42 Å². The Bertz CT molecular complexity index is 771. The number of benzene rings is 2. The maximum Gasteiger partial charge on any atom is 0.188 e. The van der Waals surface area contributed by atoms with Crippen molar-refractivity contribution in [2.24, 2.45) is 5.73 Å². The first-order chi connectivity index (χ1) is 11.1. The third kappa shape index (κ3) is 2.70. The van der Waals surface area contributed by atoms with Gasteiger partial charge in [0, 0.05) is 0 Å². The first-order valence-corrected chi connectivity index (χ1v) is 9.68. The summed E-state index contributed by atoms with van der Waals surface area (Å²) in [6.07, 6.45) is 3.80. The number of sulfone groups is 1. The molecule has 1 unspecified atom stereocenters. The average Bonchev–Trinajstić information content (AvgIpc) is 2.60. The van der Waals surface area contributed by atoms with Crippen LogP contribution in [0, 0.1) is 0 Å². The molecule has 0 aromatic heterocycles. The van der Waals surface area contributed by atoms with E-state index in [0.717, 1.165) is 24.0 Å². The highest BCUT2D eigenvalue weighted by molar-refractivity contribution is 7.92. The van der Waals surface area contributed by atoms with Crippen molar-refractivity contribution in [1.29, 1.82) is 0 Å². The van der Waals surface area contributed by atoms with E-state index in [1.807, 2.05) is 24.3 Å². The number of hydrogen-bond donors (Lipinski definition) is 1. The second-order valence-electron chi connectivity index (χ2n) is 6.21. The van der Waals surface area contributed by atoms with Crippen molar-refractivity contribution in [2.45, 2.75) is 41.7 Å². The van der Waals surface area contributed by atoms with Crippen LogP contribution < -0.4 is 5.73 Å². The standard InChI is InChI=1S/C19H23NO2S/c20-15-7-14-19(23(21,22)17-10-2-1-3-11-17)13-6-9-16-8-4-5-12-18(16)19/h1-5,8,10-12H,6-7,9,13-15,20H2. The minimum atomic E-state index is -3.46. The number of hydrogen-bond acceptors (Lipinski definition) is 3. The van der Waals surface area contributed by atoms with Gasteiger partial charge < -0.3 is 5.73 Å². The van der Waals surface area contributed by atoms with Crippen LogP contribution in [0.5, 0.6) is 0 Å². The molecule has 0 heterocycles. The van der Waals surface area contributed by atoms with Crippen molar-refractivity contribution in [3.05, 3.63) is 65.7 Å². The van der Waals surface area contributed by atoms with Crippen molar-refractivity contribution in [3.8, 4) is 0 Å². The monoisotopic (exact) mass is 329 g/mol. The molecule has 0 fully saturated rings. The van der Waals surface area contributed by atoms with Crippen molar-refractivity contribution < 1.29 is 8.42 Å². The third-order valence-corrected chi connectivity index (χ3v) is 7.44. The maximum absolute atomic E-state index is 13.5. The Hall–Kier alpha value is -1.65. The van der Waals surface area contributed by atoms with Gasteiger partial charge in [-0.1, -0.05) is 42.5 Å². The molecular weight excluding hydrogens is 306 g/mol. The van der Waals surface area contributed by atoms with Crippen molar-refractivity contribution >= 4 is 9.84 Å². The molecule has 1 aliphatic rings. The highest BCUT2D eigenvalue weighted by Gasteiger charge is 2.47. The van der Waals surface area contributed by atoms with Gasteiger partial charge in [0.2, 0.25) is 0 Å². The molecule has 2 N–H and O–H groups in total. The molecule has 2 aromatic rings. The van der Waals surface area contributed by atoms with Crippen LogP contribution in [0.25, 0.3) is 0 Å². The first-order valence-electron chi connectivity index (χ1n) is 8.20. The fourth-order valence-electron chi connectivity index (χ4n) is 3.77. The Kier molecular flexibility index (Phi) is 4.55. The number of nitrogens with two attached hydrogens (primary N) is 1. The lowest BCUT2D eigenvalue weighted by Gasteiger charge is -2.39. The van der Waals surface area contributed by atoms with Crippen molar-refractivity contribution in [3.63, 3.8) is 0 Å². The summed E-state index contributed by atoms with van der Waals surface area (Å²) >= 11 is 0. The topological polar surface area (TPSA) is 60.2 Å². The minimum absolute atomic E-state index is 0.411. The summed E-state index contributed by atoms with van der Waals surface area (Å²) in [4.78, 5) is 0.411. The lowest BCUT2D eigenvalue weighted by atomic mass is 9.79. The molecule has 23 heavy (non-hydrogen) atoms. The fraction of sp³-hybridized carbons (Fsp3) is 0.368. The van der Waals surface area contributed by atoms with Gasteiger partial charge in [0.15, 0.2) is 9.84 Å². The summed E-state index contributed by atoms with van der Waals surface area (Å²) < 4.78 is 26.2.